The number of fused-ring (bicyclic) bond motifs is 9. The van der Waals surface area contributed by atoms with E-state index >= 15 is 0 Å². The molecule has 8 nitrogen and oxygen atoms in total. The number of hydrogen-bond donors (Lipinski definition) is 0. The largest absolute Gasteiger partial charge is 0.497 e. The monoisotopic (exact) mass is 631 g/mol. The van der Waals surface area contributed by atoms with Gasteiger partial charge in [0.15, 0.2) is 5.78 Å². The van der Waals surface area contributed by atoms with E-state index in [4.69, 9.17) is 19.4 Å². The zero-order valence-electron chi connectivity index (χ0n) is 28.9. The fourth-order valence-electron chi connectivity index (χ4n) is 9.50. The van der Waals surface area contributed by atoms with Gasteiger partial charge in [-0.3, -0.25) is 14.4 Å². The van der Waals surface area contributed by atoms with Gasteiger partial charge >= 0.3 is 0 Å². The first-order valence-electron chi connectivity index (χ1n) is 17.6. The summed E-state index contributed by atoms with van der Waals surface area (Å²) in [4.78, 5) is 53.4. The van der Waals surface area contributed by atoms with Crippen LogP contribution in [0.5, 0.6) is 11.6 Å². The van der Waals surface area contributed by atoms with Crippen molar-refractivity contribution in [2.24, 2.45) is 40.4 Å². The van der Waals surface area contributed by atoms with Gasteiger partial charge < -0.3 is 14.4 Å². The highest BCUT2D eigenvalue weighted by atomic mass is 16.5. The summed E-state index contributed by atoms with van der Waals surface area (Å²) in [5.74, 6) is 3.05. The van der Waals surface area contributed by atoms with Crippen molar-refractivity contribution < 1.29 is 23.9 Å². The number of Topliss-reactive ketones (excluding diaryl/α,β-unsaturated/α-hetero) is 2. The highest BCUT2D eigenvalue weighted by molar-refractivity contribution is 5.92. The highest BCUT2D eigenvalue weighted by Crippen LogP contribution is 2.55. The maximum absolute atomic E-state index is 14.6. The maximum Gasteiger partial charge on any atom is 0.236 e. The fraction of sp³-hybridized carbons (Fsp3) is 0.711. The summed E-state index contributed by atoms with van der Waals surface area (Å²) in [6.45, 7) is 11.9. The van der Waals surface area contributed by atoms with Crippen LogP contribution in [-0.2, 0) is 20.8 Å². The molecule has 46 heavy (non-hydrogen) atoms. The van der Waals surface area contributed by atoms with E-state index in [1.54, 1.807) is 18.9 Å². The molecule has 1 aromatic carbocycles. The normalized spacial score (nSPS) is 32.0. The minimum absolute atomic E-state index is 0.0753. The fourth-order valence-corrected chi connectivity index (χ4v) is 9.50. The van der Waals surface area contributed by atoms with Crippen molar-refractivity contribution in [1.29, 1.82) is 0 Å². The molecule has 1 saturated heterocycles. The molecule has 8 heteroatoms. The van der Waals surface area contributed by atoms with E-state index in [0.717, 1.165) is 49.2 Å². The Morgan fingerprint density at radius 3 is 2.41 bits per heavy atom. The number of rotatable bonds is 2. The molecule has 1 aromatic heterocycles. The van der Waals surface area contributed by atoms with Crippen LogP contribution in [0, 0.1) is 40.4 Å². The summed E-state index contributed by atoms with van der Waals surface area (Å²) >= 11 is 0. The Labute approximate surface area is 274 Å². The number of nitrogens with zero attached hydrogens (tertiary/aromatic N) is 3. The molecule has 3 heterocycles. The van der Waals surface area contributed by atoms with Gasteiger partial charge in [-0.15, -0.1) is 0 Å². The van der Waals surface area contributed by atoms with E-state index in [2.05, 4.69) is 0 Å². The second-order valence-electron chi connectivity index (χ2n) is 16.4. The van der Waals surface area contributed by atoms with Crippen molar-refractivity contribution in [3.05, 3.63) is 23.9 Å². The van der Waals surface area contributed by atoms with Gasteiger partial charge in [0.2, 0.25) is 11.8 Å². The lowest BCUT2D eigenvalue weighted by molar-refractivity contribution is -0.147. The highest BCUT2D eigenvalue weighted by Gasteiger charge is 2.55. The molecule has 250 valence electrons. The molecule has 2 aliphatic heterocycles. The third-order valence-corrected chi connectivity index (χ3v) is 12.0. The van der Waals surface area contributed by atoms with Crippen molar-refractivity contribution >= 4 is 28.5 Å². The Balaban J connectivity index is 1.39. The zero-order valence-corrected chi connectivity index (χ0v) is 28.9. The van der Waals surface area contributed by atoms with E-state index in [1.807, 2.05) is 52.8 Å². The van der Waals surface area contributed by atoms with Crippen LogP contribution in [0.2, 0.25) is 0 Å². The lowest BCUT2D eigenvalue weighted by Gasteiger charge is -2.37. The summed E-state index contributed by atoms with van der Waals surface area (Å²) in [5.41, 5.74) is 1.16. The average molecular weight is 632 g/mol. The Kier molecular flexibility index (Phi) is 8.96. The van der Waals surface area contributed by atoms with Crippen molar-refractivity contribution in [3.63, 3.8) is 0 Å². The van der Waals surface area contributed by atoms with E-state index in [0.29, 0.717) is 41.3 Å². The number of aryl methyl sites for hydroxylation is 1. The number of amides is 1. The van der Waals surface area contributed by atoms with Crippen LogP contribution >= 0.6 is 0 Å². The number of ether oxygens (including phenoxy) is 2. The Morgan fingerprint density at radius 1 is 0.978 bits per heavy atom. The maximum atomic E-state index is 14.6. The summed E-state index contributed by atoms with van der Waals surface area (Å²) in [6.07, 6.45) is 9.21. The van der Waals surface area contributed by atoms with Crippen molar-refractivity contribution in [2.45, 2.75) is 118 Å². The first-order chi connectivity index (χ1) is 21.8. The smallest absolute Gasteiger partial charge is 0.236 e. The minimum Gasteiger partial charge on any atom is -0.497 e. The summed E-state index contributed by atoms with van der Waals surface area (Å²) in [7, 11) is 1.63. The first kappa shape index (κ1) is 32.9. The van der Waals surface area contributed by atoms with Crippen LogP contribution in [0.25, 0.3) is 11.0 Å². The van der Waals surface area contributed by atoms with Crippen LogP contribution in [0.4, 0.5) is 0 Å². The number of carbonyl (C=O) groups is 3. The van der Waals surface area contributed by atoms with Gasteiger partial charge in [-0.05, 0) is 86.7 Å². The number of methoxy groups -OCH3 is 1. The molecular weight excluding hydrogens is 578 g/mol. The molecule has 7 atom stereocenters. The lowest BCUT2D eigenvalue weighted by Crippen LogP contribution is -2.50. The van der Waals surface area contributed by atoms with E-state index in [1.165, 1.54) is 19.3 Å². The van der Waals surface area contributed by atoms with Gasteiger partial charge in [-0.2, -0.15) is 0 Å². The molecule has 0 N–H and O–H groups in total. The lowest BCUT2D eigenvalue weighted by atomic mass is 9.72. The number of aromatic nitrogens is 2. The van der Waals surface area contributed by atoms with Crippen LogP contribution < -0.4 is 9.47 Å². The number of hydrogen-bond acceptors (Lipinski definition) is 7. The number of benzene rings is 1. The topological polar surface area (TPSA) is 98.7 Å². The average Bonchev–Trinajstić information content (AvgIpc) is 3.66. The van der Waals surface area contributed by atoms with E-state index in [9.17, 15) is 14.4 Å². The Bertz CT molecular complexity index is 1500. The molecule has 4 aliphatic rings. The summed E-state index contributed by atoms with van der Waals surface area (Å²) in [6, 6.07) is 5.03. The molecule has 0 unspecified atom stereocenters. The quantitative estimate of drug-likeness (QED) is 0.352. The first-order valence-corrected chi connectivity index (χ1v) is 17.6. The molecule has 6 rings (SSSR count). The second-order valence-corrected chi connectivity index (χ2v) is 16.4. The zero-order chi connectivity index (χ0) is 33.0. The number of carbonyl (C=O) groups excluding carboxylic acids is 3. The Hall–Kier alpha value is -3.03. The van der Waals surface area contributed by atoms with Gasteiger partial charge in [0.1, 0.15) is 23.3 Å². The number of ketones is 2. The van der Waals surface area contributed by atoms with Gasteiger partial charge in [-0.1, -0.05) is 47.5 Å². The molecule has 3 fully saturated rings. The second kappa shape index (κ2) is 12.5. The standard InChI is InChI=1S/C38H53N3O5/c1-22(42)34-38(5,6)33-21-41(34)36(44)29(37(2,3)4)19-25(43)18-28-24-14-13-23(17-24)27(28)11-9-8-10-12-31-35(46-33)40-32-20-26(45-7)15-16-30(32)39-31/h15-16,20,23-24,27-29,33-34H,8-14,17-19,21H2,1-7H3/t23-,24+,27-,28-,29-,33+,34-/m1/s1. The van der Waals surface area contributed by atoms with Crippen molar-refractivity contribution in [3.8, 4) is 11.6 Å². The van der Waals surface area contributed by atoms with Crippen LogP contribution in [0.15, 0.2) is 18.2 Å². The molecule has 1 amide bonds. The molecular formula is C38H53N3O5. The van der Waals surface area contributed by atoms with Gasteiger partial charge in [0.05, 0.1) is 30.7 Å². The summed E-state index contributed by atoms with van der Waals surface area (Å²) < 4.78 is 12.2. The predicted molar refractivity (Wildman–Crippen MR) is 178 cm³/mol. The predicted octanol–water partition coefficient (Wildman–Crippen LogP) is 7.00. The SMILES string of the molecule is COc1ccc2nc3c(nc2c1)O[C@H]1CN(C(=O)[C@H](C(C)(C)C)CC(=O)C[C@@H]2[C@H]4CC[C@H](C4)[C@H]2CCCCC3)[C@H](C(C)=O)C1(C)C. The minimum atomic E-state index is -0.685. The Morgan fingerprint density at radius 2 is 1.72 bits per heavy atom. The molecule has 0 spiro atoms. The van der Waals surface area contributed by atoms with Crippen molar-refractivity contribution in [2.75, 3.05) is 13.7 Å². The van der Waals surface area contributed by atoms with Crippen molar-refractivity contribution in [1.82, 2.24) is 14.9 Å². The van der Waals surface area contributed by atoms with Gasteiger partial charge in [0.25, 0.3) is 0 Å². The van der Waals surface area contributed by atoms with E-state index in [-0.39, 0.29) is 30.4 Å². The van der Waals surface area contributed by atoms with Gasteiger partial charge in [0, 0.05) is 30.2 Å². The molecule has 2 saturated carbocycles. The van der Waals surface area contributed by atoms with Crippen LogP contribution in [0.1, 0.15) is 105 Å². The van der Waals surface area contributed by atoms with E-state index < -0.39 is 28.9 Å². The molecule has 2 aromatic rings. The third-order valence-electron chi connectivity index (χ3n) is 12.0. The van der Waals surface area contributed by atoms with Gasteiger partial charge in [-0.25, -0.2) is 9.97 Å². The van der Waals surface area contributed by atoms with Crippen LogP contribution in [0.3, 0.4) is 0 Å². The van der Waals surface area contributed by atoms with Crippen LogP contribution in [-0.4, -0.2) is 58.1 Å². The summed E-state index contributed by atoms with van der Waals surface area (Å²) in [5, 5.41) is 0. The molecule has 4 bridgehead atoms. The molecule has 0 radical (unpaired) electrons. The molecule has 2 aliphatic carbocycles. The third kappa shape index (κ3) is 6.17.